The molecule has 1 unspecified atom stereocenters. The van der Waals surface area contributed by atoms with Crippen LogP contribution in [-0.4, -0.2) is 28.9 Å². The van der Waals surface area contributed by atoms with Crippen LogP contribution >= 0.6 is 39.7 Å². The summed E-state index contributed by atoms with van der Waals surface area (Å²) in [7, 11) is 1.71. The largest absolute Gasteiger partial charge is 0.393 e. The van der Waals surface area contributed by atoms with Crippen molar-refractivity contribution in [2.75, 3.05) is 7.05 Å². The van der Waals surface area contributed by atoms with Gasteiger partial charge in [-0.05, 0) is 25.1 Å². The Labute approximate surface area is 125 Å². The predicted octanol–water partition coefficient (Wildman–Crippen LogP) is 3.24. The Balaban J connectivity index is 2.89. The van der Waals surface area contributed by atoms with Gasteiger partial charge in [0.1, 0.15) is 0 Å². The highest BCUT2D eigenvalue weighted by Crippen LogP contribution is 2.23. The molecular formula is C12H14BrClN2OS. The number of thiocarbonyl (C=S) groups is 1. The molecule has 0 bridgehead atoms. The fraction of sp³-hybridized carbons (Fsp3) is 0.333. The quantitative estimate of drug-likeness (QED) is 0.849. The van der Waals surface area contributed by atoms with Gasteiger partial charge in [0.15, 0.2) is 0 Å². The molecule has 0 aliphatic rings. The van der Waals surface area contributed by atoms with Gasteiger partial charge in [-0.2, -0.15) is 0 Å². The zero-order valence-electron chi connectivity index (χ0n) is 10.1. The molecule has 0 radical (unpaired) electrons. The maximum Gasteiger partial charge on any atom is 0.255 e. The van der Waals surface area contributed by atoms with Gasteiger partial charge in [0.05, 0.1) is 15.6 Å². The molecule has 0 aromatic heterocycles. The number of hydrogen-bond donors (Lipinski definition) is 1. The van der Waals surface area contributed by atoms with Crippen molar-refractivity contribution in [2.45, 2.75) is 19.4 Å². The monoisotopic (exact) mass is 348 g/mol. The number of rotatable bonds is 4. The summed E-state index contributed by atoms with van der Waals surface area (Å²) >= 11 is 14.2. The van der Waals surface area contributed by atoms with Crippen molar-refractivity contribution in [2.24, 2.45) is 5.73 Å². The molecule has 3 nitrogen and oxygen atoms in total. The molecule has 1 rings (SSSR count). The number of carbonyl (C=O) groups is 1. The number of nitrogens with two attached hydrogens (primary N) is 1. The Hall–Kier alpha value is -0.650. The van der Waals surface area contributed by atoms with Crippen LogP contribution in [0.1, 0.15) is 23.7 Å². The van der Waals surface area contributed by atoms with E-state index in [1.807, 2.05) is 6.92 Å². The lowest BCUT2D eigenvalue weighted by Crippen LogP contribution is -2.37. The zero-order chi connectivity index (χ0) is 13.9. The number of amides is 1. The van der Waals surface area contributed by atoms with Crippen LogP contribution in [-0.2, 0) is 0 Å². The van der Waals surface area contributed by atoms with Crippen LogP contribution < -0.4 is 5.73 Å². The van der Waals surface area contributed by atoms with E-state index >= 15 is 0 Å². The van der Waals surface area contributed by atoms with Crippen molar-refractivity contribution >= 4 is 50.6 Å². The first-order valence-corrected chi connectivity index (χ1v) is 6.91. The fourth-order valence-electron chi connectivity index (χ4n) is 1.48. The molecule has 1 aromatic carbocycles. The SMILES string of the molecule is CC(CC(N)=S)N(C)C(=O)c1ccc(Br)cc1Cl. The highest BCUT2D eigenvalue weighted by molar-refractivity contribution is 9.10. The summed E-state index contributed by atoms with van der Waals surface area (Å²) in [4.78, 5) is 14.2. The van der Waals surface area contributed by atoms with E-state index in [0.29, 0.717) is 22.0 Å². The van der Waals surface area contributed by atoms with Crippen LogP contribution in [0.2, 0.25) is 5.02 Å². The van der Waals surface area contributed by atoms with Gasteiger partial charge in [-0.1, -0.05) is 39.7 Å². The predicted molar refractivity (Wildman–Crippen MR) is 82.1 cm³/mol. The fourth-order valence-corrected chi connectivity index (χ4v) is 2.48. The minimum Gasteiger partial charge on any atom is -0.393 e. The first-order chi connectivity index (χ1) is 8.32. The highest BCUT2D eigenvalue weighted by atomic mass is 79.9. The molecule has 1 atom stereocenters. The second kappa shape index (κ2) is 6.50. The van der Waals surface area contributed by atoms with Gasteiger partial charge in [0.25, 0.3) is 5.91 Å². The van der Waals surface area contributed by atoms with E-state index < -0.39 is 0 Å². The molecule has 18 heavy (non-hydrogen) atoms. The molecular weight excluding hydrogens is 336 g/mol. The van der Waals surface area contributed by atoms with Crippen LogP contribution in [0.15, 0.2) is 22.7 Å². The standard InChI is InChI=1S/C12H14BrClN2OS/c1-7(5-11(15)18)16(2)12(17)9-4-3-8(13)6-10(9)14/h3-4,6-7H,5H2,1-2H3,(H2,15,18). The lowest BCUT2D eigenvalue weighted by atomic mass is 10.1. The van der Waals surface area contributed by atoms with Gasteiger partial charge in [0.2, 0.25) is 0 Å². The lowest BCUT2D eigenvalue weighted by molar-refractivity contribution is 0.0748. The molecule has 0 spiro atoms. The second-order valence-corrected chi connectivity index (χ2v) is 5.91. The van der Waals surface area contributed by atoms with Gasteiger partial charge in [-0.25, -0.2) is 0 Å². The molecule has 0 aliphatic heterocycles. The molecule has 6 heteroatoms. The maximum absolute atomic E-state index is 12.2. The first kappa shape index (κ1) is 15.4. The Morgan fingerprint density at radius 2 is 2.22 bits per heavy atom. The molecule has 1 aromatic rings. The van der Waals surface area contributed by atoms with E-state index in [9.17, 15) is 4.79 Å². The Bertz CT molecular complexity index is 481. The number of carbonyl (C=O) groups excluding carboxylic acids is 1. The Morgan fingerprint density at radius 1 is 1.61 bits per heavy atom. The minimum atomic E-state index is -0.142. The number of halogens is 2. The Kier molecular flexibility index (Phi) is 5.56. The first-order valence-electron chi connectivity index (χ1n) is 5.33. The lowest BCUT2D eigenvalue weighted by Gasteiger charge is -2.25. The van der Waals surface area contributed by atoms with Crippen molar-refractivity contribution in [1.29, 1.82) is 0 Å². The summed E-state index contributed by atoms with van der Waals surface area (Å²) < 4.78 is 0.836. The van der Waals surface area contributed by atoms with Crippen LogP contribution in [0.3, 0.4) is 0 Å². The highest BCUT2D eigenvalue weighted by Gasteiger charge is 2.20. The third kappa shape index (κ3) is 3.93. The van der Waals surface area contributed by atoms with Gasteiger partial charge in [0, 0.05) is 24.0 Å². The van der Waals surface area contributed by atoms with E-state index in [-0.39, 0.29) is 11.9 Å². The smallest absolute Gasteiger partial charge is 0.255 e. The molecule has 0 saturated carbocycles. The van der Waals surface area contributed by atoms with Crippen molar-refractivity contribution in [1.82, 2.24) is 4.90 Å². The van der Waals surface area contributed by atoms with E-state index in [0.717, 1.165) is 4.47 Å². The van der Waals surface area contributed by atoms with Crippen molar-refractivity contribution in [3.05, 3.63) is 33.3 Å². The van der Waals surface area contributed by atoms with Crippen molar-refractivity contribution < 1.29 is 4.79 Å². The molecule has 2 N–H and O–H groups in total. The zero-order valence-corrected chi connectivity index (χ0v) is 13.3. The van der Waals surface area contributed by atoms with Gasteiger partial charge < -0.3 is 10.6 Å². The topological polar surface area (TPSA) is 46.3 Å². The van der Waals surface area contributed by atoms with E-state index in [1.165, 1.54) is 0 Å². The molecule has 98 valence electrons. The van der Waals surface area contributed by atoms with Crippen LogP contribution in [0, 0.1) is 0 Å². The molecule has 0 heterocycles. The van der Waals surface area contributed by atoms with Gasteiger partial charge in [-0.3, -0.25) is 4.79 Å². The third-order valence-electron chi connectivity index (χ3n) is 2.64. The Morgan fingerprint density at radius 3 is 2.72 bits per heavy atom. The minimum absolute atomic E-state index is 0.0605. The molecule has 0 fully saturated rings. The van der Waals surface area contributed by atoms with Crippen molar-refractivity contribution in [3.63, 3.8) is 0 Å². The van der Waals surface area contributed by atoms with E-state index in [1.54, 1.807) is 30.1 Å². The van der Waals surface area contributed by atoms with Crippen molar-refractivity contribution in [3.8, 4) is 0 Å². The second-order valence-electron chi connectivity index (χ2n) is 4.06. The molecule has 0 saturated heterocycles. The molecule has 1 amide bonds. The van der Waals surface area contributed by atoms with Crippen LogP contribution in [0.4, 0.5) is 0 Å². The number of nitrogens with zero attached hydrogens (tertiary/aromatic N) is 1. The van der Waals surface area contributed by atoms with E-state index in [2.05, 4.69) is 15.9 Å². The number of hydrogen-bond acceptors (Lipinski definition) is 2. The van der Waals surface area contributed by atoms with Crippen LogP contribution in [0.5, 0.6) is 0 Å². The summed E-state index contributed by atoms with van der Waals surface area (Å²) in [6.07, 6.45) is 0.492. The summed E-state index contributed by atoms with van der Waals surface area (Å²) in [6.45, 7) is 1.89. The average Bonchev–Trinajstić information content (AvgIpc) is 2.26. The maximum atomic E-state index is 12.2. The normalized spacial score (nSPS) is 12.0. The van der Waals surface area contributed by atoms with Crippen LogP contribution in [0.25, 0.3) is 0 Å². The molecule has 0 aliphatic carbocycles. The number of benzene rings is 1. The third-order valence-corrected chi connectivity index (χ3v) is 3.61. The summed E-state index contributed by atoms with van der Waals surface area (Å²) in [5, 5.41) is 0.420. The summed E-state index contributed by atoms with van der Waals surface area (Å²) in [5.74, 6) is -0.142. The van der Waals surface area contributed by atoms with E-state index in [4.69, 9.17) is 29.6 Å². The van der Waals surface area contributed by atoms with Gasteiger partial charge >= 0.3 is 0 Å². The summed E-state index contributed by atoms with van der Waals surface area (Å²) in [5.41, 5.74) is 5.95. The van der Waals surface area contributed by atoms with Gasteiger partial charge in [-0.15, -0.1) is 0 Å². The summed E-state index contributed by atoms with van der Waals surface area (Å²) in [6, 6.07) is 5.11. The average molecular weight is 350 g/mol.